The van der Waals surface area contributed by atoms with Crippen LogP contribution >= 0.6 is 11.3 Å². The number of aliphatic imine (C=N–C) groups is 1. The summed E-state index contributed by atoms with van der Waals surface area (Å²) < 4.78 is 27.1. The summed E-state index contributed by atoms with van der Waals surface area (Å²) in [4.78, 5) is 10.5. The quantitative estimate of drug-likeness (QED) is 0.426. The zero-order valence-corrected chi connectivity index (χ0v) is 17.9. The number of sulfonamides is 1. The maximum absolute atomic E-state index is 12.2. The van der Waals surface area contributed by atoms with Crippen LogP contribution in [0.25, 0.3) is 0 Å². The lowest BCUT2D eigenvalue weighted by molar-refractivity contribution is 0.581. The normalized spacial score (nSPS) is 14.9. The molecule has 0 amide bonds. The minimum atomic E-state index is -3.41. The highest BCUT2D eigenvalue weighted by atomic mass is 32.2. The van der Waals surface area contributed by atoms with E-state index in [4.69, 9.17) is 0 Å². The smallest absolute Gasteiger partial charge is 0.240 e. The van der Waals surface area contributed by atoms with Crippen molar-refractivity contribution in [3.63, 3.8) is 0 Å². The largest absolute Gasteiger partial charge is 0.357 e. The second-order valence-corrected chi connectivity index (χ2v) is 9.81. The topological polar surface area (TPSA) is 95.5 Å². The summed E-state index contributed by atoms with van der Waals surface area (Å²) in [5.41, 5.74) is 0.957. The number of nitrogens with zero attached hydrogens (tertiary/aromatic N) is 2. The first-order valence-electron chi connectivity index (χ1n) is 9.51. The number of aromatic nitrogens is 1. The molecular weight excluding hydrogens is 394 g/mol. The molecule has 0 saturated heterocycles. The van der Waals surface area contributed by atoms with Crippen LogP contribution in [0.4, 0.5) is 0 Å². The molecule has 1 aromatic carbocycles. The average Bonchev–Trinajstić information content (AvgIpc) is 3.37. The summed E-state index contributed by atoms with van der Waals surface area (Å²) in [6.07, 6.45) is 4.59. The van der Waals surface area contributed by atoms with Crippen molar-refractivity contribution in [1.82, 2.24) is 20.3 Å². The van der Waals surface area contributed by atoms with Crippen molar-refractivity contribution in [1.29, 1.82) is 0 Å². The van der Waals surface area contributed by atoms with Crippen LogP contribution < -0.4 is 15.4 Å². The highest BCUT2D eigenvalue weighted by molar-refractivity contribution is 7.89. The summed E-state index contributed by atoms with van der Waals surface area (Å²) in [5, 5.41) is 7.65. The van der Waals surface area contributed by atoms with Crippen molar-refractivity contribution in [2.24, 2.45) is 4.99 Å². The van der Waals surface area contributed by atoms with Crippen LogP contribution in [-0.2, 0) is 23.0 Å². The first kappa shape index (κ1) is 20.8. The second-order valence-electron chi connectivity index (χ2n) is 6.78. The van der Waals surface area contributed by atoms with Crippen molar-refractivity contribution in [3.8, 4) is 0 Å². The van der Waals surface area contributed by atoms with Gasteiger partial charge in [-0.05, 0) is 44.4 Å². The van der Waals surface area contributed by atoms with E-state index in [1.807, 2.05) is 25.3 Å². The van der Waals surface area contributed by atoms with Crippen LogP contribution in [0.1, 0.15) is 35.2 Å². The molecule has 1 saturated carbocycles. The van der Waals surface area contributed by atoms with Crippen LogP contribution in [0.15, 0.2) is 40.4 Å². The number of thiazole rings is 1. The molecule has 0 radical (unpaired) electrons. The predicted octanol–water partition coefficient (Wildman–Crippen LogP) is 2.19. The fourth-order valence-corrected chi connectivity index (χ4v) is 4.67. The number of rotatable bonds is 9. The molecule has 0 unspecified atom stereocenters. The third kappa shape index (κ3) is 6.29. The van der Waals surface area contributed by atoms with E-state index in [2.05, 4.69) is 32.3 Å². The number of nitrogens with one attached hydrogen (secondary N) is 3. The van der Waals surface area contributed by atoms with Crippen molar-refractivity contribution >= 4 is 27.3 Å². The van der Waals surface area contributed by atoms with E-state index in [1.54, 1.807) is 23.5 Å². The molecule has 152 valence electrons. The Bertz CT molecular complexity index is 903. The fourth-order valence-electron chi connectivity index (χ4n) is 2.58. The van der Waals surface area contributed by atoms with Crippen molar-refractivity contribution < 1.29 is 8.42 Å². The Labute approximate surface area is 170 Å². The zero-order chi connectivity index (χ0) is 20.0. The van der Waals surface area contributed by atoms with Crippen molar-refractivity contribution in [2.45, 2.75) is 50.6 Å². The Morgan fingerprint density at radius 1 is 1.25 bits per heavy atom. The van der Waals surface area contributed by atoms with Gasteiger partial charge in [0.15, 0.2) is 5.96 Å². The predicted molar refractivity (Wildman–Crippen MR) is 113 cm³/mol. The van der Waals surface area contributed by atoms with Crippen LogP contribution in [0.2, 0.25) is 0 Å². The second kappa shape index (κ2) is 9.49. The number of hydrogen-bond donors (Lipinski definition) is 3. The SMILES string of the molecule is CCNC(=NCc1ccc(S(=O)(=O)NC2CC2)cc1)NCCc1ncc(C)s1. The first-order valence-corrected chi connectivity index (χ1v) is 11.8. The number of guanidine groups is 1. The van der Waals surface area contributed by atoms with E-state index >= 15 is 0 Å². The molecule has 0 atom stereocenters. The van der Waals surface area contributed by atoms with Gasteiger partial charge in [0, 0.05) is 36.6 Å². The van der Waals surface area contributed by atoms with Crippen molar-refractivity contribution in [2.75, 3.05) is 13.1 Å². The molecule has 1 fully saturated rings. The summed E-state index contributed by atoms with van der Waals surface area (Å²) in [6, 6.07) is 7.01. The molecule has 2 aromatic rings. The summed E-state index contributed by atoms with van der Waals surface area (Å²) in [6.45, 7) is 6.07. The van der Waals surface area contributed by atoms with Gasteiger partial charge in [-0.25, -0.2) is 23.1 Å². The molecular formula is C19H27N5O2S2. The highest BCUT2D eigenvalue weighted by Gasteiger charge is 2.27. The lowest BCUT2D eigenvalue weighted by Gasteiger charge is -2.11. The van der Waals surface area contributed by atoms with E-state index in [0.29, 0.717) is 11.4 Å². The van der Waals surface area contributed by atoms with E-state index in [1.165, 1.54) is 4.88 Å². The highest BCUT2D eigenvalue weighted by Crippen LogP contribution is 2.22. The summed E-state index contributed by atoms with van der Waals surface area (Å²) in [7, 11) is -3.41. The molecule has 1 aliphatic rings. The Hall–Kier alpha value is -1.97. The Morgan fingerprint density at radius 2 is 2.00 bits per heavy atom. The van der Waals surface area contributed by atoms with Crippen LogP contribution in [-0.4, -0.2) is 38.5 Å². The van der Waals surface area contributed by atoms with Gasteiger partial charge in [-0.15, -0.1) is 11.3 Å². The molecule has 0 spiro atoms. The van der Waals surface area contributed by atoms with Crippen molar-refractivity contribution in [3.05, 3.63) is 45.9 Å². The van der Waals surface area contributed by atoms with E-state index in [-0.39, 0.29) is 6.04 Å². The van der Waals surface area contributed by atoms with Crippen LogP contribution in [0.5, 0.6) is 0 Å². The molecule has 7 nitrogen and oxygen atoms in total. The Balaban J connectivity index is 1.54. The van der Waals surface area contributed by atoms with Gasteiger partial charge >= 0.3 is 0 Å². The molecule has 1 aliphatic carbocycles. The molecule has 0 aliphatic heterocycles. The van der Waals surface area contributed by atoms with Gasteiger partial charge in [-0.3, -0.25) is 0 Å². The van der Waals surface area contributed by atoms with E-state index < -0.39 is 10.0 Å². The lowest BCUT2D eigenvalue weighted by Crippen LogP contribution is -2.38. The molecule has 0 bridgehead atoms. The first-order chi connectivity index (χ1) is 13.5. The molecule has 28 heavy (non-hydrogen) atoms. The maximum atomic E-state index is 12.2. The average molecular weight is 422 g/mol. The molecule has 9 heteroatoms. The van der Waals surface area contributed by atoms with Gasteiger partial charge < -0.3 is 10.6 Å². The summed E-state index contributed by atoms with van der Waals surface area (Å²) in [5.74, 6) is 0.739. The number of hydrogen-bond acceptors (Lipinski definition) is 5. The summed E-state index contributed by atoms with van der Waals surface area (Å²) >= 11 is 1.71. The lowest BCUT2D eigenvalue weighted by atomic mass is 10.2. The fraction of sp³-hybridized carbons (Fsp3) is 0.474. The van der Waals surface area contributed by atoms with Gasteiger partial charge in [-0.1, -0.05) is 12.1 Å². The monoisotopic (exact) mass is 421 g/mol. The third-order valence-electron chi connectivity index (χ3n) is 4.20. The molecule has 3 rings (SSSR count). The number of benzene rings is 1. The van der Waals surface area contributed by atoms with Gasteiger partial charge in [0.25, 0.3) is 0 Å². The van der Waals surface area contributed by atoms with E-state index in [0.717, 1.165) is 48.9 Å². The van der Waals surface area contributed by atoms with Crippen LogP contribution in [0, 0.1) is 6.92 Å². The van der Waals surface area contributed by atoms with Gasteiger partial charge in [0.2, 0.25) is 10.0 Å². The van der Waals surface area contributed by atoms with Gasteiger partial charge in [0.05, 0.1) is 16.4 Å². The molecule has 1 aromatic heterocycles. The Morgan fingerprint density at radius 3 is 2.61 bits per heavy atom. The zero-order valence-electron chi connectivity index (χ0n) is 16.2. The third-order valence-corrected chi connectivity index (χ3v) is 6.71. The van der Waals surface area contributed by atoms with E-state index in [9.17, 15) is 8.42 Å². The number of aryl methyl sites for hydroxylation is 1. The Kier molecular flexibility index (Phi) is 7.03. The van der Waals surface area contributed by atoms with Gasteiger partial charge in [0.1, 0.15) is 0 Å². The maximum Gasteiger partial charge on any atom is 0.240 e. The van der Waals surface area contributed by atoms with Gasteiger partial charge in [-0.2, -0.15) is 0 Å². The molecule has 3 N–H and O–H groups in total. The minimum absolute atomic E-state index is 0.108. The van der Waals surface area contributed by atoms with Crippen LogP contribution in [0.3, 0.4) is 0 Å². The standard InChI is InChI=1S/C19H27N5O2S2/c1-3-20-19(21-11-10-18-22-12-14(2)27-18)23-13-15-4-8-17(9-5-15)28(25,26)24-16-6-7-16/h4-5,8-9,12,16,24H,3,6-7,10-11,13H2,1-2H3,(H2,20,21,23). The molecule has 1 heterocycles. The minimum Gasteiger partial charge on any atom is -0.357 e.